The number of nitro groups is 1. The Morgan fingerprint density at radius 3 is 3.00 bits per heavy atom. The number of benzene rings is 1. The number of nitro benzene ring substituents is 1. The fourth-order valence-corrected chi connectivity index (χ4v) is 1.81. The summed E-state index contributed by atoms with van der Waals surface area (Å²) >= 11 is 0. The third kappa shape index (κ3) is 4.18. The number of hydrogen-bond donors (Lipinski definition) is 1. The highest BCUT2D eigenvalue weighted by Crippen LogP contribution is 2.12. The zero-order chi connectivity index (χ0) is 13.5. The molecule has 0 saturated heterocycles. The predicted octanol–water partition coefficient (Wildman–Crippen LogP) is 1.97. The van der Waals surface area contributed by atoms with Gasteiger partial charge in [0.25, 0.3) is 5.69 Å². The van der Waals surface area contributed by atoms with Gasteiger partial charge in [-0.2, -0.15) is 5.10 Å². The van der Waals surface area contributed by atoms with E-state index in [9.17, 15) is 10.1 Å². The number of rotatable bonds is 7. The lowest BCUT2D eigenvalue weighted by Gasteiger charge is -2.05. The molecule has 0 aliphatic rings. The first-order chi connectivity index (χ1) is 9.25. The Hall–Kier alpha value is -2.21. The van der Waals surface area contributed by atoms with Crippen molar-refractivity contribution in [2.24, 2.45) is 0 Å². The first-order valence-corrected chi connectivity index (χ1v) is 6.17. The van der Waals surface area contributed by atoms with E-state index in [0.717, 1.165) is 25.1 Å². The van der Waals surface area contributed by atoms with Gasteiger partial charge in [-0.3, -0.25) is 14.8 Å². The summed E-state index contributed by atoms with van der Waals surface area (Å²) in [5.74, 6) is 0. The molecule has 0 unspecified atom stereocenters. The molecule has 1 N–H and O–H groups in total. The summed E-state index contributed by atoms with van der Waals surface area (Å²) in [6.07, 6.45) is 4.66. The SMILES string of the molecule is O=[N+]([O-])c1cccc(CNCCCn2cccn2)c1. The average molecular weight is 260 g/mol. The highest BCUT2D eigenvalue weighted by atomic mass is 16.6. The Balaban J connectivity index is 1.70. The summed E-state index contributed by atoms with van der Waals surface area (Å²) in [6, 6.07) is 8.59. The molecule has 0 radical (unpaired) electrons. The zero-order valence-corrected chi connectivity index (χ0v) is 10.5. The molecular weight excluding hydrogens is 244 g/mol. The maximum Gasteiger partial charge on any atom is 0.269 e. The molecule has 1 aromatic heterocycles. The maximum atomic E-state index is 10.6. The Morgan fingerprint density at radius 2 is 2.26 bits per heavy atom. The van der Waals surface area contributed by atoms with E-state index in [0.29, 0.717) is 6.54 Å². The molecule has 6 heteroatoms. The van der Waals surface area contributed by atoms with Crippen molar-refractivity contribution < 1.29 is 4.92 Å². The molecule has 19 heavy (non-hydrogen) atoms. The van der Waals surface area contributed by atoms with E-state index in [1.165, 1.54) is 6.07 Å². The van der Waals surface area contributed by atoms with Crippen LogP contribution >= 0.6 is 0 Å². The van der Waals surface area contributed by atoms with Crippen LogP contribution in [-0.4, -0.2) is 21.2 Å². The normalized spacial score (nSPS) is 10.5. The number of aryl methyl sites for hydroxylation is 1. The van der Waals surface area contributed by atoms with Crippen LogP contribution in [0.2, 0.25) is 0 Å². The third-order valence-corrected chi connectivity index (χ3v) is 2.75. The minimum atomic E-state index is -0.374. The van der Waals surface area contributed by atoms with Crippen LogP contribution in [0.5, 0.6) is 0 Å². The van der Waals surface area contributed by atoms with Gasteiger partial charge in [-0.05, 0) is 24.6 Å². The van der Waals surface area contributed by atoms with Gasteiger partial charge in [-0.15, -0.1) is 0 Å². The summed E-state index contributed by atoms with van der Waals surface area (Å²) in [6.45, 7) is 2.36. The minimum Gasteiger partial charge on any atom is -0.313 e. The molecule has 0 saturated carbocycles. The van der Waals surface area contributed by atoms with E-state index in [1.54, 1.807) is 18.3 Å². The first-order valence-electron chi connectivity index (χ1n) is 6.17. The predicted molar refractivity (Wildman–Crippen MR) is 71.6 cm³/mol. The van der Waals surface area contributed by atoms with Crippen molar-refractivity contribution in [3.05, 3.63) is 58.4 Å². The van der Waals surface area contributed by atoms with Crippen molar-refractivity contribution in [3.8, 4) is 0 Å². The van der Waals surface area contributed by atoms with Crippen LogP contribution in [-0.2, 0) is 13.1 Å². The summed E-state index contributed by atoms with van der Waals surface area (Å²) in [5, 5.41) is 18.0. The van der Waals surface area contributed by atoms with Crippen molar-refractivity contribution in [1.82, 2.24) is 15.1 Å². The molecule has 0 fully saturated rings. The lowest BCUT2D eigenvalue weighted by atomic mass is 10.2. The molecule has 0 aliphatic carbocycles. The molecule has 0 spiro atoms. The van der Waals surface area contributed by atoms with Gasteiger partial charge in [0.1, 0.15) is 0 Å². The summed E-state index contributed by atoms with van der Waals surface area (Å²) < 4.78 is 1.88. The largest absolute Gasteiger partial charge is 0.313 e. The number of aromatic nitrogens is 2. The van der Waals surface area contributed by atoms with Crippen molar-refractivity contribution >= 4 is 5.69 Å². The molecule has 0 bridgehead atoms. The zero-order valence-electron chi connectivity index (χ0n) is 10.5. The molecule has 0 atom stereocenters. The molecule has 0 aliphatic heterocycles. The fraction of sp³-hybridized carbons (Fsp3) is 0.308. The van der Waals surface area contributed by atoms with E-state index in [1.807, 2.05) is 23.0 Å². The van der Waals surface area contributed by atoms with E-state index in [4.69, 9.17) is 0 Å². The molecule has 100 valence electrons. The van der Waals surface area contributed by atoms with Gasteiger partial charge in [0.2, 0.25) is 0 Å². The summed E-state index contributed by atoms with van der Waals surface area (Å²) in [4.78, 5) is 10.3. The van der Waals surface area contributed by atoms with Gasteiger partial charge in [0.05, 0.1) is 4.92 Å². The topological polar surface area (TPSA) is 73.0 Å². The minimum absolute atomic E-state index is 0.135. The molecule has 0 amide bonds. The lowest BCUT2D eigenvalue weighted by molar-refractivity contribution is -0.384. The number of nitrogens with zero attached hydrogens (tertiary/aromatic N) is 3. The van der Waals surface area contributed by atoms with Crippen LogP contribution in [0.15, 0.2) is 42.7 Å². The smallest absolute Gasteiger partial charge is 0.269 e. The van der Waals surface area contributed by atoms with Crippen LogP contribution in [0, 0.1) is 10.1 Å². The molecule has 2 rings (SSSR count). The Kier molecular flexibility index (Phi) is 4.63. The van der Waals surface area contributed by atoms with Crippen LogP contribution in [0.1, 0.15) is 12.0 Å². The van der Waals surface area contributed by atoms with Crippen LogP contribution in [0.4, 0.5) is 5.69 Å². The highest BCUT2D eigenvalue weighted by molar-refractivity contribution is 5.34. The molecule has 2 aromatic rings. The van der Waals surface area contributed by atoms with Crippen molar-refractivity contribution in [2.45, 2.75) is 19.5 Å². The maximum absolute atomic E-state index is 10.6. The lowest BCUT2D eigenvalue weighted by Crippen LogP contribution is -2.16. The number of nitrogens with one attached hydrogen (secondary N) is 1. The second-order valence-corrected chi connectivity index (χ2v) is 4.23. The first kappa shape index (κ1) is 13.2. The standard InChI is InChI=1S/C13H16N4O2/c18-17(19)13-5-1-4-12(10-13)11-14-6-2-8-16-9-3-7-15-16/h1,3-5,7,9-10,14H,2,6,8,11H2. The van der Waals surface area contributed by atoms with Crippen molar-refractivity contribution in [3.63, 3.8) is 0 Å². The van der Waals surface area contributed by atoms with E-state index >= 15 is 0 Å². The Labute approximate surface area is 111 Å². The Morgan fingerprint density at radius 1 is 1.37 bits per heavy atom. The Bertz CT molecular complexity index is 525. The molecule has 6 nitrogen and oxygen atoms in total. The molecular formula is C13H16N4O2. The fourth-order valence-electron chi connectivity index (χ4n) is 1.81. The quantitative estimate of drug-likeness (QED) is 0.469. The van der Waals surface area contributed by atoms with Crippen LogP contribution < -0.4 is 5.32 Å². The summed E-state index contributed by atoms with van der Waals surface area (Å²) in [7, 11) is 0. The van der Waals surface area contributed by atoms with Gasteiger partial charge in [-0.1, -0.05) is 12.1 Å². The average Bonchev–Trinajstić information content (AvgIpc) is 2.92. The second kappa shape index (κ2) is 6.65. The van der Waals surface area contributed by atoms with E-state index < -0.39 is 0 Å². The van der Waals surface area contributed by atoms with Crippen LogP contribution in [0.25, 0.3) is 0 Å². The van der Waals surface area contributed by atoms with Gasteiger partial charge in [0.15, 0.2) is 0 Å². The number of hydrogen-bond acceptors (Lipinski definition) is 4. The van der Waals surface area contributed by atoms with Crippen molar-refractivity contribution in [2.75, 3.05) is 6.54 Å². The molecule has 1 heterocycles. The third-order valence-electron chi connectivity index (χ3n) is 2.75. The summed E-state index contributed by atoms with van der Waals surface area (Å²) in [5.41, 5.74) is 1.06. The van der Waals surface area contributed by atoms with Crippen LogP contribution in [0.3, 0.4) is 0 Å². The van der Waals surface area contributed by atoms with E-state index in [-0.39, 0.29) is 10.6 Å². The van der Waals surface area contributed by atoms with Gasteiger partial charge in [0, 0.05) is 37.6 Å². The van der Waals surface area contributed by atoms with Gasteiger partial charge < -0.3 is 5.32 Å². The van der Waals surface area contributed by atoms with E-state index in [2.05, 4.69) is 10.4 Å². The number of non-ortho nitro benzene ring substituents is 1. The van der Waals surface area contributed by atoms with Gasteiger partial charge >= 0.3 is 0 Å². The van der Waals surface area contributed by atoms with Crippen molar-refractivity contribution in [1.29, 1.82) is 0 Å². The van der Waals surface area contributed by atoms with Gasteiger partial charge in [-0.25, -0.2) is 0 Å². The second-order valence-electron chi connectivity index (χ2n) is 4.23. The monoisotopic (exact) mass is 260 g/mol. The highest BCUT2D eigenvalue weighted by Gasteiger charge is 2.04. The molecule has 1 aromatic carbocycles.